The van der Waals surface area contributed by atoms with Crippen LogP contribution in [0.2, 0.25) is 10.0 Å². The van der Waals surface area contributed by atoms with Crippen LogP contribution in [0.4, 0.5) is 18.9 Å². The van der Waals surface area contributed by atoms with Crippen molar-refractivity contribution in [2.45, 2.75) is 18.0 Å². The van der Waals surface area contributed by atoms with Gasteiger partial charge in [0.25, 0.3) is 0 Å². The predicted molar refractivity (Wildman–Crippen MR) is 83.8 cm³/mol. The minimum atomic E-state index is -4.43. The van der Waals surface area contributed by atoms with E-state index in [-0.39, 0.29) is 15.8 Å². The van der Waals surface area contributed by atoms with Crippen LogP contribution in [-0.2, 0) is 6.18 Å². The quantitative estimate of drug-likeness (QED) is 0.504. The van der Waals surface area contributed by atoms with Crippen molar-refractivity contribution in [1.82, 2.24) is 0 Å². The van der Waals surface area contributed by atoms with Gasteiger partial charge in [-0.1, -0.05) is 23.2 Å². The molecule has 0 saturated heterocycles. The molecule has 0 aliphatic rings. The molecule has 2 nitrogen and oxygen atoms in total. The van der Waals surface area contributed by atoms with E-state index in [1.807, 2.05) is 0 Å². The van der Waals surface area contributed by atoms with E-state index in [0.717, 1.165) is 24.1 Å². The zero-order valence-electron chi connectivity index (χ0n) is 11.1. The van der Waals surface area contributed by atoms with Crippen molar-refractivity contribution in [1.29, 1.82) is 0 Å². The molecule has 8 heteroatoms. The second kappa shape index (κ2) is 6.48. The van der Waals surface area contributed by atoms with Crippen molar-refractivity contribution in [3.05, 3.63) is 51.5 Å². The van der Waals surface area contributed by atoms with Crippen LogP contribution in [0.5, 0.6) is 5.75 Å². The van der Waals surface area contributed by atoms with E-state index in [0.29, 0.717) is 16.1 Å². The first kappa shape index (κ1) is 17.1. The Balaban J connectivity index is 2.15. The highest BCUT2D eigenvalue weighted by Gasteiger charge is 2.30. The molecule has 0 unspecified atom stereocenters. The molecule has 0 aliphatic heterocycles. The van der Waals surface area contributed by atoms with Gasteiger partial charge in [-0.3, -0.25) is 0 Å². The first-order valence-corrected chi connectivity index (χ1v) is 7.54. The number of rotatable bonds is 3. The molecule has 0 aliphatic carbocycles. The molecule has 0 saturated carbocycles. The SMILES string of the molecule is Cc1cc(NSc2ccc(C(F)(F)F)cc2Cl)cc(Cl)c1O. The van der Waals surface area contributed by atoms with Gasteiger partial charge in [0.2, 0.25) is 0 Å². The van der Waals surface area contributed by atoms with Gasteiger partial charge in [-0.2, -0.15) is 13.2 Å². The molecule has 0 fully saturated rings. The van der Waals surface area contributed by atoms with Gasteiger partial charge >= 0.3 is 6.18 Å². The maximum atomic E-state index is 12.6. The number of hydrogen-bond acceptors (Lipinski definition) is 3. The molecule has 0 heterocycles. The fraction of sp³-hybridized carbons (Fsp3) is 0.143. The molecule has 2 N–H and O–H groups in total. The van der Waals surface area contributed by atoms with Gasteiger partial charge in [0.05, 0.1) is 15.6 Å². The molecular formula is C14H10Cl2F3NOS. The summed E-state index contributed by atoms with van der Waals surface area (Å²) >= 11 is 12.8. The molecule has 2 aromatic rings. The summed E-state index contributed by atoms with van der Waals surface area (Å²) in [7, 11) is 0. The standard InChI is InChI=1S/C14H10Cl2F3NOS/c1-7-4-9(6-11(16)13(7)21)20-22-12-3-2-8(5-10(12)15)14(17,18)19/h2-6,20-21H,1H3. The number of aryl methyl sites for hydroxylation is 1. The summed E-state index contributed by atoms with van der Waals surface area (Å²) in [6.45, 7) is 1.68. The summed E-state index contributed by atoms with van der Waals surface area (Å²) < 4.78 is 40.6. The van der Waals surface area contributed by atoms with Gasteiger partial charge in [-0.05, 0) is 54.8 Å². The maximum Gasteiger partial charge on any atom is 0.416 e. The summed E-state index contributed by atoms with van der Waals surface area (Å²) in [4.78, 5) is 0.441. The van der Waals surface area contributed by atoms with Crippen molar-refractivity contribution >= 4 is 40.8 Å². The van der Waals surface area contributed by atoms with Crippen LogP contribution in [0.1, 0.15) is 11.1 Å². The van der Waals surface area contributed by atoms with Gasteiger partial charge < -0.3 is 9.83 Å². The van der Waals surface area contributed by atoms with E-state index in [4.69, 9.17) is 23.2 Å². The number of nitrogens with one attached hydrogen (secondary N) is 1. The summed E-state index contributed by atoms with van der Waals surface area (Å²) in [6, 6.07) is 6.30. The first-order valence-electron chi connectivity index (χ1n) is 5.97. The monoisotopic (exact) mass is 367 g/mol. The van der Waals surface area contributed by atoms with Gasteiger partial charge in [-0.25, -0.2) is 0 Å². The summed E-state index contributed by atoms with van der Waals surface area (Å²) in [6.07, 6.45) is -4.43. The Morgan fingerprint density at radius 1 is 1.09 bits per heavy atom. The van der Waals surface area contributed by atoms with Crippen LogP contribution in [-0.4, -0.2) is 5.11 Å². The molecule has 0 amide bonds. The number of hydrogen-bond donors (Lipinski definition) is 2. The molecule has 0 spiro atoms. The second-order valence-electron chi connectivity index (χ2n) is 4.47. The topological polar surface area (TPSA) is 32.3 Å². The third-order valence-electron chi connectivity index (χ3n) is 2.79. The zero-order valence-corrected chi connectivity index (χ0v) is 13.5. The highest BCUT2D eigenvalue weighted by molar-refractivity contribution is 8.00. The number of aromatic hydroxyl groups is 1. The van der Waals surface area contributed by atoms with Crippen molar-refractivity contribution in [3.8, 4) is 5.75 Å². The molecule has 0 bridgehead atoms. The third kappa shape index (κ3) is 3.94. The molecule has 0 aromatic heterocycles. The fourth-order valence-corrected chi connectivity index (χ4v) is 2.87. The molecule has 0 atom stereocenters. The molecule has 118 valence electrons. The van der Waals surface area contributed by atoms with E-state index in [9.17, 15) is 18.3 Å². The molecule has 22 heavy (non-hydrogen) atoms. The van der Waals surface area contributed by atoms with Crippen molar-refractivity contribution < 1.29 is 18.3 Å². The summed E-state index contributed by atoms with van der Waals surface area (Å²) in [5.74, 6) is -0.00946. The van der Waals surface area contributed by atoms with Gasteiger partial charge in [0, 0.05) is 10.6 Å². The summed E-state index contributed by atoms with van der Waals surface area (Å²) in [5.41, 5.74) is 0.376. The number of alkyl halides is 3. The highest BCUT2D eigenvalue weighted by Crippen LogP contribution is 2.37. The number of halogens is 5. The van der Waals surface area contributed by atoms with E-state index in [2.05, 4.69) is 4.72 Å². The Labute approximate surface area is 139 Å². The normalized spacial score (nSPS) is 11.5. The van der Waals surface area contributed by atoms with Crippen molar-refractivity contribution in [2.24, 2.45) is 0 Å². The maximum absolute atomic E-state index is 12.6. The number of benzene rings is 2. The van der Waals surface area contributed by atoms with Crippen molar-refractivity contribution in [3.63, 3.8) is 0 Å². The Kier molecular flexibility index (Phi) is 5.04. The minimum Gasteiger partial charge on any atom is -0.506 e. The summed E-state index contributed by atoms with van der Waals surface area (Å²) in [5, 5.41) is 9.75. The van der Waals surface area contributed by atoms with Crippen LogP contribution in [0, 0.1) is 6.92 Å². The Morgan fingerprint density at radius 2 is 1.77 bits per heavy atom. The van der Waals surface area contributed by atoms with Gasteiger partial charge in [0.1, 0.15) is 5.75 Å². The van der Waals surface area contributed by atoms with Crippen LogP contribution >= 0.6 is 35.1 Å². The average Bonchev–Trinajstić information content (AvgIpc) is 2.42. The fourth-order valence-electron chi connectivity index (χ4n) is 1.67. The van der Waals surface area contributed by atoms with E-state index >= 15 is 0 Å². The van der Waals surface area contributed by atoms with E-state index in [1.54, 1.807) is 13.0 Å². The van der Waals surface area contributed by atoms with Gasteiger partial charge in [0.15, 0.2) is 0 Å². The Hall–Kier alpha value is -1.24. The van der Waals surface area contributed by atoms with Crippen LogP contribution < -0.4 is 4.72 Å². The third-order valence-corrected chi connectivity index (χ3v) is 4.42. The first-order chi connectivity index (χ1) is 10.2. The lowest BCUT2D eigenvalue weighted by atomic mass is 10.2. The predicted octanol–water partition coefficient (Wildman–Crippen LogP) is 6.15. The van der Waals surface area contributed by atoms with E-state index in [1.165, 1.54) is 12.1 Å². The Bertz CT molecular complexity index is 684. The van der Waals surface area contributed by atoms with E-state index < -0.39 is 11.7 Å². The van der Waals surface area contributed by atoms with Crippen LogP contribution in [0.15, 0.2) is 35.2 Å². The number of phenols is 1. The molecule has 0 radical (unpaired) electrons. The van der Waals surface area contributed by atoms with Crippen LogP contribution in [0.25, 0.3) is 0 Å². The number of phenolic OH excluding ortho intramolecular Hbond substituents is 1. The smallest absolute Gasteiger partial charge is 0.416 e. The lowest BCUT2D eigenvalue weighted by Gasteiger charge is -2.11. The highest BCUT2D eigenvalue weighted by atomic mass is 35.5. The lowest BCUT2D eigenvalue weighted by Crippen LogP contribution is -2.04. The van der Waals surface area contributed by atoms with Crippen LogP contribution in [0.3, 0.4) is 0 Å². The molecular weight excluding hydrogens is 358 g/mol. The average molecular weight is 368 g/mol. The zero-order chi connectivity index (χ0) is 16.5. The second-order valence-corrected chi connectivity index (χ2v) is 6.13. The minimum absolute atomic E-state index is 0.00563. The largest absolute Gasteiger partial charge is 0.506 e. The van der Waals surface area contributed by atoms with Gasteiger partial charge in [-0.15, -0.1) is 0 Å². The number of anilines is 1. The van der Waals surface area contributed by atoms with Crippen molar-refractivity contribution in [2.75, 3.05) is 4.72 Å². The molecule has 2 aromatic carbocycles. The Morgan fingerprint density at radius 3 is 2.32 bits per heavy atom. The molecule has 2 rings (SSSR count). The lowest BCUT2D eigenvalue weighted by molar-refractivity contribution is -0.137.